The van der Waals surface area contributed by atoms with Crippen LogP contribution in [-0.2, 0) is 4.79 Å². The molecule has 1 aliphatic heterocycles. The number of carboxylic acids is 1. The number of nitrogens with one attached hydrogen (secondary N) is 1. The van der Waals surface area contributed by atoms with Crippen molar-refractivity contribution in [1.29, 1.82) is 0 Å². The second-order valence-corrected chi connectivity index (χ2v) is 5.83. The van der Waals surface area contributed by atoms with Crippen LogP contribution in [0.1, 0.15) is 40.5 Å². The Kier molecular flexibility index (Phi) is 2.97. The largest absolute Gasteiger partial charge is 0.478 e. The van der Waals surface area contributed by atoms with Crippen molar-refractivity contribution in [2.24, 2.45) is 5.92 Å². The zero-order chi connectivity index (χ0) is 11.9. The Hall–Kier alpha value is -0.830. The van der Waals surface area contributed by atoms with E-state index in [0.717, 1.165) is 12.8 Å². The Morgan fingerprint density at radius 3 is 2.00 bits per heavy atom. The first kappa shape index (κ1) is 12.2. The molecule has 1 fully saturated rings. The first-order valence-electron chi connectivity index (χ1n) is 5.34. The van der Waals surface area contributed by atoms with E-state index in [2.05, 4.69) is 39.6 Å². The molecular formula is C12H21NO2. The predicted octanol–water partition coefficient (Wildman–Crippen LogP) is 2.18. The molecule has 1 heterocycles. The molecule has 86 valence electrons. The summed E-state index contributed by atoms with van der Waals surface area (Å²) in [7, 11) is 0. The maximum Gasteiger partial charge on any atom is 0.331 e. The van der Waals surface area contributed by atoms with E-state index in [1.54, 1.807) is 0 Å². The van der Waals surface area contributed by atoms with Crippen molar-refractivity contribution in [1.82, 2.24) is 5.32 Å². The van der Waals surface area contributed by atoms with E-state index < -0.39 is 5.97 Å². The van der Waals surface area contributed by atoms with Crippen LogP contribution >= 0.6 is 0 Å². The van der Waals surface area contributed by atoms with Crippen molar-refractivity contribution in [2.75, 3.05) is 0 Å². The molecule has 1 saturated heterocycles. The van der Waals surface area contributed by atoms with Crippen LogP contribution in [0.15, 0.2) is 12.2 Å². The first-order chi connectivity index (χ1) is 6.63. The maximum atomic E-state index is 10.9. The van der Waals surface area contributed by atoms with Crippen molar-refractivity contribution >= 4 is 5.97 Å². The SMILES string of the molecule is C=C(C(=O)O)C1CC(C)(C)NC(C)(C)C1. The lowest BCUT2D eigenvalue weighted by atomic mass is 9.73. The second kappa shape index (κ2) is 3.63. The lowest BCUT2D eigenvalue weighted by Gasteiger charge is -2.46. The van der Waals surface area contributed by atoms with E-state index in [-0.39, 0.29) is 17.0 Å². The predicted molar refractivity (Wildman–Crippen MR) is 60.8 cm³/mol. The quantitative estimate of drug-likeness (QED) is 0.688. The van der Waals surface area contributed by atoms with Crippen LogP contribution in [0.4, 0.5) is 0 Å². The van der Waals surface area contributed by atoms with E-state index in [4.69, 9.17) is 5.11 Å². The van der Waals surface area contributed by atoms with Crippen LogP contribution in [0.2, 0.25) is 0 Å². The van der Waals surface area contributed by atoms with Gasteiger partial charge in [-0.15, -0.1) is 0 Å². The highest BCUT2D eigenvalue weighted by molar-refractivity contribution is 5.86. The van der Waals surface area contributed by atoms with Crippen molar-refractivity contribution < 1.29 is 9.90 Å². The van der Waals surface area contributed by atoms with Gasteiger partial charge < -0.3 is 10.4 Å². The molecule has 0 aromatic carbocycles. The Bertz CT molecular complexity index is 276. The number of rotatable bonds is 2. The minimum absolute atomic E-state index is 0.0230. The summed E-state index contributed by atoms with van der Waals surface area (Å²) in [4.78, 5) is 10.9. The van der Waals surface area contributed by atoms with Crippen LogP contribution in [-0.4, -0.2) is 22.2 Å². The van der Waals surface area contributed by atoms with Gasteiger partial charge in [-0.1, -0.05) is 6.58 Å². The van der Waals surface area contributed by atoms with Gasteiger partial charge in [0.25, 0.3) is 0 Å². The summed E-state index contributed by atoms with van der Waals surface area (Å²) in [6, 6.07) is 0. The number of piperidine rings is 1. The number of carboxylic acid groups (broad SMARTS) is 1. The molecule has 0 aliphatic carbocycles. The summed E-state index contributed by atoms with van der Waals surface area (Å²) >= 11 is 0. The molecule has 2 N–H and O–H groups in total. The Morgan fingerprint density at radius 1 is 1.27 bits per heavy atom. The zero-order valence-corrected chi connectivity index (χ0v) is 10.1. The average Bonchev–Trinajstić information content (AvgIpc) is 1.96. The molecule has 0 radical (unpaired) electrons. The molecule has 3 nitrogen and oxygen atoms in total. The van der Waals surface area contributed by atoms with Gasteiger partial charge in [-0.25, -0.2) is 4.79 Å². The Morgan fingerprint density at radius 2 is 1.67 bits per heavy atom. The molecule has 0 saturated carbocycles. The highest BCUT2D eigenvalue weighted by Gasteiger charge is 2.39. The molecule has 0 amide bonds. The molecule has 0 bridgehead atoms. The number of hydrogen-bond acceptors (Lipinski definition) is 2. The summed E-state index contributed by atoms with van der Waals surface area (Å²) < 4.78 is 0. The topological polar surface area (TPSA) is 49.3 Å². The second-order valence-electron chi connectivity index (χ2n) is 5.83. The molecule has 15 heavy (non-hydrogen) atoms. The van der Waals surface area contributed by atoms with Crippen LogP contribution in [0, 0.1) is 5.92 Å². The molecular weight excluding hydrogens is 190 g/mol. The third-order valence-corrected chi connectivity index (χ3v) is 2.96. The Balaban J connectivity index is 2.84. The molecule has 0 aromatic heterocycles. The average molecular weight is 211 g/mol. The van der Waals surface area contributed by atoms with E-state index in [1.807, 2.05) is 0 Å². The van der Waals surface area contributed by atoms with Gasteiger partial charge in [0.2, 0.25) is 0 Å². The van der Waals surface area contributed by atoms with Gasteiger partial charge in [-0.3, -0.25) is 0 Å². The minimum atomic E-state index is -0.867. The molecule has 1 rings (SSSR count). The van der Waals surface area contributed by atoms with Crippen molar-refractivity contribution in [2.45, 2.75) is 51.6 Å². The number of aliphatic carboxylic acids is 1. The lowest BCUT2D eigenvalue weighted by Crippen LogP contribution is -2.58. The summed E-state index contributed by atoms with van der Waals surface area (Å²) in [5.41, 5.74) is 0.299. The standard InChI is InChI=1S/C12H21NO2/c1-8(10(14)15)9-6-11(2,3)13-12(4,5)7-9/h9,13H,1,6-7H2,2-5H3,(H,14,15). The van der Waals surface area contributed by atoms with Gasteiger partial charge in [-0.2, -0.15) is 0 Å². The van der Waals surface area contributed by atoms with Crippen molar-refractivity contribution in [3.63, 3.8) is 0 Å². The fourth-order valence-corrected chi connectivity index (χ4v) is 2.74. The number of hydrogen-bond donors (Lipinski definition) is 2. The van der Waals surface area contributed by atoms with E-state index >= 15 is 0 Å². The van der Waals surface area contributed by atoms with Gasteiger partial charge in [0.1, 0.15) is 0 Å². The van der Waals surface area contributed by atoms with Gasteiger partial charge in [0.15, 0.2) is 0 Å². The smallest absolute Gasteiger partial charge is 0.331 e. The summed E-state index contributed by atoms with van der Waals surface area (Å²) in [6.07, 6.45) is 1.67. The summed E-state index contributed by atoms with van der Waals surface area (Å²) in [5.74, 6) is -0.790. The number of carbonyl (C=O) groups is 1. The molecule has 0 unspecified atom stereocenters. The van der Waals surface area contributed by atoms with E-state index in [9.17, 15) is 4.79 Å². The van der Waals surface area contributed by atoms with Gasteiger partial charge >= 0.3 is 5.97 Å². The monoisotopic (exact) mass is 211 g/mol. The lowest BCUT2D eigenvalue weighted by molar-refractivity contribution is -0.133. The third kappa shape index (κ3) is 3.06. The van der Waals surface area contributed by atoms with Gasteiger partial charge in [0, 0.05) is 16.7 Å². The van der Waals surface area contributed by atoms with Crippen molar-refractivity contribution in [3.05, 3.63) is 12.2 Å². The Labute approximate surface area is 91.6 Å². The molecule has 3 heteroatoms. The minimum Gasteiger partial charge on any atom is -0.478 e. The highest BCUT2D eigenvalue weighted by atomic mass is 16.4. The molecule has 0 aromatic rings. The zero-order valence-electron chi connectivity index (χ0n) is 10.1. The van der Waals surface area contributed by atoms with Crippen LogP contribution in [0.5, 0.6) is 0 Å². The van der Waals surface area contributed by atoms with Crippen LogP contribution < -0.4 is 5.32 Å². The van der Waals surface area contributed by atoms with Crippen LogP contribution in [0.25, 0.3) is 0 Å². The van der Waals surface area contributed by atoms with Crippen molar-refractivity contribution in [3.8, 4) is 0 Å². The fraction of sp³-hybridized carbons (Fsp3) is 0.750. The fourth-order valence-electron chi connectivity index (χ4n) is 2.74. The highest BCUT2D eigenvalue weighted by Crippen LogP contribution is 2.36. The summed E-state index contributed by atoms with van der Waals surface area (Å²) in [5, 5.41) is 12.5. The first-order valence-corrected chi connectivity index (χ1v) is 5.34. The molecule has 0 atom stereocenters. The van der Waals surface area contributed by atoms with E-state index in [0.29, 0.717) is 5.57 Å². The maximum absolute atomic E-state index is 10.9. The van der Waals surface area contributed by atoms with Gasteiger partial charge in [-0.05, 0) is 46.5 Å². The van der Waals surface area contributed by atoms with Crippen LogP contribution in [0.3, 0.4) is 0 Å². The van der Waals surface area contributed by atoms with E-state index in [1.165, 1.54) is 0 Å². The molecule has 1 aliphatic rings. The normalized spacial score (nSPS) is 24.8. The van der Waals surface area contributed by atoms with Gasteiger partial charge in [0.05, 0.1) is 0 Å². The summed E-state index contributed by atoms with van der Waals surface area (Å²) in [6.45, 7) is 12.1. The molecule has 0 spiro atoms. The third-order valence-electron chi connectivity index (χ3n) is 2.96.